The second kappa shape index (κ2) is 8.00. The van der Waals surface area contributed by atoms with Crippen molar-refractivity contribution >= 4 is 0 Å². The molecule has 0 bridgehead atoms. The molecule has 26 heavy (non-hydrogen) atoms. The number of benzene rings is 2. The van der Waals surface area contributed by atoms with Gasteiger partial charge in [-0.1, -0.05) is 18.2 Å². The van der Waals surface area contributed by atoms with Crippen LogP contribution in [-0.4, -0.2) is 38.3 Å². The number of nitrogens with zero attached hydrogens (tertiary/aromatic N) is 1. The second-order valence-corrected chi connectivity index (χ2v) is 7.05. The molecule has 0 aliphatic carbocycles. The summed E-state index contributed by atoms with van der Waals surface area (Å²) in [4.78, 5) is 2.60. The molecule has 0 saturated carbocycles. The Morgan fingerprint density at radius 3 is 2.62 bits per heavy atom. The highest BCUT2D eigenvalue weighted by molar-refractivity contribution is 5.44. The predicted octanol–water partition coefficient (Wildman–Crippen LogP) is 4.24. The Bertz CT molecular complexity index is 729. The van der Waals surface area contributed by atoms with Gasteiger partial charge in [-0.25, -0.2) is 0 Å². The summed E-state index contributed by atoms with van der Waals surface area (Å²) in [5, 5.41) is 0. The lowest BCUT2D eigenvalue weighted by Crippen LogP contribution is -2.25. The highest BCUT2D eigenvalue weighted by Crippen LogP contribution is 2.37. The van der Waals surface area contributed by atoms with Crippen LogP contribution in [0.1, 0.15) is 36.4 Å². The van der Waals surface area contributed by atoms with Crippen molar-refractivity contribution in [1.29, 1.82) is 0 Å². The molecule has 0 unspecified atom stereocenters. The van der Waals surface area contributed by atoms with Crippen molar-refractivity contribution in [2.75, 3.05) is 33.4 Å². The molecule has 0 radical (unpaired) electrons. The molecular weight excluding hydrogens is 326 g/mol. The average Bonchev–Trinajstić information content (AvgIpc) is 3.03. The van der Waals surface area contributed by atoms with Crippen molar-refractivity contribution < 1.29 is 14.2 Å². The quantitative estimate of drug-likeness (QED) is 0.805. The van der Waals surface area contributed by atoms with Crippen molar-refractivity contribution in [3.05, 3.63) is 53.6 Å². The molecule has 1 atom stereocenters. The standard InChI is InChI=1S/C22H27NO3/c1-24-19-8-5-17(6-9-19)11-13-23-12-2-4-20(23)18-7-10-21-22(16-18)26-15-3-14-25-21/h5-10,16,20H,2-4,11-15H2,1H3/t20-/m0/s1. The largest absolute Gasteiger partial charge is 0.497 e. The van der Waals surface area contributed by atoms with Gasteiger partial charge in [-0.3, -0.25) is 4.90 Å². The van der Waals surface area contributed by atoms with E-state index in [1.165, 1.54) is 24.0 Å². The normalized spacial score (nSPS) is 20.0. The molecule has 2 heterocycles. The number of ether oxygens (including phenoxy) is 3. The second-order valence-electron chi connectivity index (χ2n) is 7.05. The lowest BCUT2D eigenvalue weighted by atomic mass is 10.0. The van der Waals surface area contributed by atoms with E-state index in [1.807, 2.05) is 12.1 Å². The minimum atomic E-state index is 0.477. The maximum atomic E-state index is 5.88. The maximum absolute atomic E-state index is 5.88. The van der Waals surface area contributed by atoms with Gasteiger partial charge in [-0.15, -0.1) is 0 Å². The summed E-state index contributed by atoms with van der Waals surface area (Å²) in [7, 11) is 1.71. The van der Waals surface area contributed by atoms with E-state index in [0.29, 0.717) is 6.04 Å². The maximum Gasteiger partial charge on any atom is 0.161 e. The van der Waals surface area contributed by atoms with E-state index in [1.54, 1.807) is 7.11 Å². The van der Waals surface area contributed by atoms with Crippen LogP contribution in [0.25, 0.3) is 0 Å². The summed E-state index contributed by atoms with van der Waals surface area (Å²) in [5.74, 6) is 2.70. The van der Waals surface area contributed by atoms with Gasteiger partial charge in [0.1, 0.15) is 5.75 Å². The van der Waals surface area contributed by atoms with Crippen LogP contribution in [0.2, 0.25) is 0 Å². The van der Waals surface area contributed by atoms with Crippen LogP contribution in [0.15, 0.2) is 42.5 Å². The summed E-state index contributed by atoms with van der Waals surface area (Å²) in [6, 6.07) is 15.4. The molecule has 0 N–H and O–H groups in total. The van der Waals surface area contributed by atoms with Crippen molar-refractivity contribution in [1.82, 2.24) is 4.90 Å². The Kier molecular flexibility index (Phi) is 5.30. The van der Waals surface area contributed by atoms with Gasteiger partial charge in [0.25, 0.3) is 0 Å². The molecule has 4 nitrogen and oxygen atoms in total. The third-order valence-electron chi connectivity index (χ3n) is 5.37. The predicted molar refractivity (Wildman–Crippen MR) is 102 cm³/mol. The zero-order chi connectivity index (χ0) is 17.8. The number of hydrogen-bond donors (Lipinski definition) is 0. The van der Waals surface area contributed by atoms with Crippen molar-refractivity contribution in [2.45, 2.75) is 31.7 Å². The molecule has 2 aliphatic rings. The topological polar surface area (TPSA) is 30.9 Å². The highest BCUT2D eigenvalue weighted by atomic mass is 16.5. The summed E-state index contributed by atoms with van der Waals surface area (Å²) >= 11 is 0. The molecule has 4 heteroatoms. The third-order valence-corrected chi connectivity index (χ3v) is 5.37. The van der Waals surface area contributed by atoms with Crippen molar-refractivity contribution in [3.63, 3.8) is 0 Å². The minimum absolute atomic E-state index is 0.477. The third kappa shape index (κ3) is 3.80. The van der Waals surface area contributed by atoms with E-state index in [9.17, 15) is 0 Å². The molecule has 138 valence electrons. The van der Waals surface area contributed by atoms with Crippen LogP contribution in [-0.2, 0) is 6.42 Å². The summed E-state index contributed by atoms with van der Waals surface area (Å²) in [6.45, 7) is 3.72. The van der Waals surface area contributed by atoms with Gasteiger partial charge >= 0.3 is 0 Å². The lowest BCUT2D eigenvalue weighted by Gasteiger charge is -2.25. The molecule has 1 saturated heterocycles. The summed E-state index contributed by atoms with van der Waals surface area (Å²) < 4.78 is 16.9. The van der Waals surface area contributed by atoms with Gasteiger partial charge in [0.2, 0.25) is 0 Å². The van der Waals surface area contributed by atoms with E-state index >= 15 is 0 Å². The first-order chi connectivity index (χ1) is 12.8. The van der Waals surface area contributed by atoms with Crippen molar-refractivity contribution in [3.8, 4) is 17.2 Å². The molecule has 0 spiro atoms. The van der Waals surface area contributed by atoms with Gasteiger partial charge in [-0.05, 0) is 61.2 Å². The van der Waals surface area contributed by atoms with E-state index in [4.69, 9.17) is 14.2 Å². The zero-order valence-corrected chi connectivity index (χ0v) is 15.4. The first kappa shape index (κ1) is 17.2. The van der Waals surface area contributed by atoms with E-state index in [2.05, 4.69) is 35.2 Å². The molecule has 0 amide bonds. The van der Waals surface area contributed by atoms with Gasteiger partial charge in [0.15, 0.2) is 11.5 Å². The molecule has 2 aromatic rings. The summed E-state index contributed by atoms with van der Waals surface area (Å²) in [5.41, 5.74) is 2.71. The van der Waals surface area contributed by atoms with Crippen LogP contribution in [0.3, 0.4) is 0 Å². The Labute approximate surface area is 155 Å². The Balaban J connectivity index is 1.43. The number of fused-ring (bicyclic) bond motifs is 1. The summed E-state index contributed by atoms with van der Waals surface area (Å²) in [6.07, 6.45) is 4.47. The van der Waals surface area contributed by atoms with Crippen LogP contribution in [0, 0.1) is 0 Å². The van der Waals surface area contributed by atoms with E-state index < -0.39 is 0 Å². The molecule has 1 fully saturated rings. The number of likely N-dealkylation sites (tertiary alicyclic amines) is 1. The smallest absolute Gasteiger partial charge is 0.161 e. The number of methoxy groups -OCH3 is 1. The van der Waals surface area contributed by atoms with E-state index in [-0.39, 0.29) is 0 Å². The first-order valence-electron chi connectivity index (χ1n) is 9.60. The first-order valence-corrected chi connectivity index (χ1v) is 9.60. The lowest BCUT2D eigenvalue weighted by molar-refractivity contribution is 0.259. The molecule has 0 aromatic heterocycles. The van der Waals surface area contributed by atoms with Crippen molar-refractivity contribution in [2.24, 2.45) is 0 Å². The fraction of sp³-hybridized carbons (Fsp3) is 0.455. The Hall–Kier alpha value is -2.20. The zero-order valence-electron chi connectivity index (χ0n) is 15.4. The Morgan fingerprint density at radius 1 is 1.00 bits per heavy atom. The monoisotopic (exact) mass is 353 g/mol. The fourth-order valence-corrected chi connectivity index (χ4v) is 3.92. The number of hydrogen-bond acceptors (Lipinski definition) is 4. The molecule has 2 aliphatic heterocycles. The molecular formula is C22H27NO3. The van der Waals surface area contributed by atoms with Gasteiger partial charge in [-0.2, -0.15) is 0 Å². The number of rotatable bonds is 5. The minimum Gasteiger partial charge on any atom is -0.497 e. The van der Waals surface area contributed by atoms with Gasteiger partial charge in [0.05, 0.1) is 20.3 Å². The highest BCUT2D eigenvalue weighted by Gasteiger charge is 2.26. The van der Waals surface area contributed by atoms with E-state index in [0.717, 1.165) is 56.4 Å². The van der Waals surface area contributed by atoms with Crippen LogP contribution < -0.4 is 14.2 Å². The van der Waals surface area contributed by atoms with Crippen LogP contribution in [0.5, 0.6) is 17.2 Å². The van der Waals surface area contributed by atoms with Gasteiger partial charge < -0.3 is 14.2 Å². The molecule has 4 rings (SSSR count). The Morgan fingerprint density at radius 2 is 1.81 bits per heavy atom. The van der Waals surface area contributed by atoms with Crippen LogP contribution >= 0.6 is 0 Å². The average molecular weight is 353 g/mol. The van der Waals surface area contributed by atoms with Crippen LogP contribution in [0.4, 0.5) is 0 Å². The SMILES string of the molecule is COc1ccc(CCN2CCC[C@H]2c2ccc3c(c2)OCCCO3)cc1. The van der Waals surface area contributed by atoms with Gasteiger partial charge in [0, 0.05) is 19.0 Å². The fourth-order valence-electron chi connectivity index (χ4n) is 3.92. The molecule has 2 aromatic carbocycles.